The van der Waals surface area contributed by atoms with Crippen molar-refractivity contribution >= 4 is 0 Å². The van der Waals surface area contributed by atoms with E-state index in [9.17, 15) is 0 Å². The van der Waals surface area contributed by atoms with Crippen LogP contribution >= 0.6 is 0 Å². The SMILES string of the molecule is CCC1(CC)CCC1C(C)C(C)C(C)C. The van der Waals surface area contributed by atoms with E-state index in [1.807, 2.05) is 0 Å². The molecule has 0 N–H and O–H groups in total. The first kappa shape index (κ1) is 13.1. The Hall–Kier alpha value is 0. The first-order valence-corrected chi connectivity index (χ1v) is 6.98. The van der Waals surface area contributed by atoms with Gasteiger partial charge in [0.05, 0.1) is 0 Å². The zero-order valence-corrected chi connectivity index (χ0v) is 11.6. The lowest BCUT2D eigenvalue weighted by molar-refractivity contribution is -0.0388. The fourth-order valence-electron chi connectivity index (χ4n) is 3.64. The van der Waals surface area contributed by atoms with Crippen LogP contribution < -0.4 is 0 Å². The first-order chi connectivity index (χ1) is 6.98. The molecule has 0 aromatic rings. The Morgan fingerprint density at radius 2 is 1.60 bits per heavy atom. The second-order valence-electron chi connectivity index (χ2n) is 6.18. The quantitative estimate of drug-likeness (QED) is 0.590. The normalized spacial score (nSPS) is 28.6. The summed E-state index contributed by atoms with van der Waals surface area (Å²) >= 11 is 0. The van der Waals surface area contributed by atoms with Crippen LogP contribution in [0.1, 0.15) is 67.2 Å². The fourth-order valence-corrected chi connectivity index (χ4v) is 3.64. The maximum absolute atomic E-state index is 2.49. The molecule has 0 nitrogen and oxygen atoms in total. The van der Waals surface area contributed by atoms with E-state index in [-0.39, 0.29) is 0 Å². The van der Waals surface area contributed by atoms with E-state index in [1.54, 1.807) is 0 Å². The highest BCUT2D eigenvalue weighted by molar-refractivity contribution is 4.97. The van der Waals surface area contributed by atoms with Gasteiger partial charge in [0.25, 0.3) is 0 Å². The van der Waals surface area contributed by atoms with Crippen LogP contribution in [0.3, 0.4) is 0 Å². The zero-order valence-electron chi connectivity index (χ0n) is 11.6. The molecular formula is C15H30. The molecule has 0 amide bonds. The molecule has 0 bridgehead atoms. The van der Waals surface area contributed by atoms with Crippen LogP contribution in [-0.4, -0.2) is 0 Å². The Balaban J connectivity index is 2.64. The molecule has 0 radical (unpaired) electrons. The van der Waals surface area contributed by atoms with Crippen LogP contribution in [0.15, 0.2) is 0 Å². The predicted molar refractivity (Wildman–Crippen MR) is 68.9 cm³/mol. The van der Waals surface area contributed by atoms with Gasteiger partial charge < -0.3 is 0 Å². The topological polar surface area (TPSA) is 0 Å². The lowest BCUT2D eigenvalue weighted by atomic mass is 9.51. The van der Waals surface area contributed by atoms with Crippen molar-refractivity contribution in [2.75, 3.05) is 0 Å². The third kappa shape index (κ3) is 2.24. The molecule has 0 heteroatoms. The van der Waals surface area contributed by atoms with Gasteiger partial charge in [-0.15, -0.1) is 0 Å². The Labute approximate surface area is 96.8 Å². The van der Waals surface area contributed by atoms with Gasteiger partial charge in [-0.05, 0) is 41.9 Å². The first-order valence-electron chi connectivity index (χ1n) is 6.98. The van der Waals surface area contributed by atoms with E-state index in [4.69, 9.17) is 0 Å². The molecule has 0 spiro atoms. The average Bonchev–Trinajstić information content (AvgIpc) is 2.17. The van der Waals surface area contributed by atoms with Crippen LogP contribution in [0.2, 0.25) is 0 Å². The van der Waals surface area contributed by atoms with Gasteiger partial charge in [-0.3, -0.25) is 0 Å². The van der Waals surface area contributed by atoms with Gasteiger partial charge in [0.15, 0.2) is 0 Å². The highest BCUT2D eigenvalue weighted by Gasteiger charge is 2.47. The minimum absolute atomic E-state index is 0.711. The summed E-state index contributed by atoms with van der Waals surface area (Å²) in [5.41, 5.74) is 0.711. The molecule has 0 aliphatic heterocycles. The Bertz CT molecular complexity index is 183. The minimum atomic E-state index is 0.711. The summed E-state index contributed by atoms with van der Waals surface area (Å²) in [5.74, 6) is 3.64. The predicted octanol–water partition coefficient (Wildman–Crippen LogP) is 5.13. The Morgan fingerprint density at radius 3 is 1.87 bits per heavy atom. The Kier molecular flexibility index (Phi) is 4.26. The van der Waals surface area contributed by atoms with E-state index in [0.29, 0.717) is 5.41 Å². The molecule has 0 aromatic carbocycles. The van der Waals surface area contributed by atoms with E-state index in [2.05, 4.69) is 41.5 Å². The molecule has 1 saturated carbocycles. The summed E-state index contributed by atoms with van der Waals surface area (Å²) in [6.45, 7) is 14.5. The summed E-state index contributed by atoms with van der Waals surface area (Å²) in [6.07, 6.45) is 5.76. The molecular weight excluding hydrogens is 180 g/mol. The maximum atomic E-state index is 2.49. The van der Waals surface area contributed by atoms with Gasteiger partial charge in [-0.1, -0.05) is 54.4 Å². The van der Waals surface area contributed by atoms with Crippen molar-refractivity contribution < 1.29 is 0 Å². The highest BCUT2D eigenvalue weighted by atomic mass is 14.5. The van der Waals surface area contributed by atoms with Crippen molar-refractivity contribution in [1.82, 2.24) is 0 Å². The number of rotatable bonds is 5. The number of hydrogen-bond acceptors (Lipinski definition) is 0. The largest absolute Gasteiger partial charge is 0.0648 e. The monoisotopic (exact) mass is 210 g/mol. The van der Waals surface area contributed by atoms with Crippen molar-refractivity contribution in [1.29, 1.82) is 0 Å². The summed E-state index contributed by atoms with van der Waals surface area (Å²) in [6, 6.07) is 0. The molecule has 0 aromatic heterocycles. The molecule has 0 heterocycles. The molecule has 1 fully saturated rings. The van der Waals surface area contributed by atoms with E-state index in [1.165, 1.54) is 25.7 Å². The van der Waals surface area contributed by atoms with E-state index < -0.39 is 0 Å². The summed E-state index contributed by atoms with van der Waals surface area (Å²) < 4.78 is 0. The second-order valence-corrected chi connectivity index (χ2v) is 6.18. The number of hydrogen-bond donors (Lipinski definition) is 0. The van der Waals surface area contributed by atoms with Gasteiger partial charge in [0.2, 0.25) is 0 Å². The molecule has 3 atom stereocenters. The lowest BCUT2D eigenvalue weighted by Gasteiger charge is -2.54. The van der Waals surface area contributed by atoms with Crippen LogP contribution in [0.4, 0.5) is 0 Å². The van der Waals surface area contributed by atoms with Gasteiger partial charge >= 0.3 is 0 Å². The van der Waals surface area contributed by atoms with Crippen LogP contribution in [-0.2, 0) is 0 Å². The molecule has 0 saturated heterocycles. The van der Waals surface area contributed by atoms with Gasteiger partial charge in [0, 0.05) is 0 Å². The van der Waals surface area contributed by atoms with E-state index >= 15 is 0 Å². The Morgan fingerprint density at radius 1 is 1.07 bits per heavy atom. The van der Waals surface area contributed by atoms with Crippen molar-refractivity contribution in [3.05, 3.63) is 0 Å². The lowest BCUT2D eigenvalue weighted by Crippen LogP contribution is -2.45. The molecule has 1 aliphatic rings. The van der Waals surface area contributed by atoms with Crippen LogP contribution in [0, 0.1) is 29.1 Å². The fraction of sp³-hybridized carbons (Fsp3) is 1.00. The van der Waals surface area contributed by atoms with Crippen LogP contribution in [0.25, 0.3) is 0 Å². The minimum Gasteiger partial charge on any atom is -0.0648 e. The van der Waals surface area contributed by atoms with E-state index in [0.717, 1.165) is 23.7 Å². The maximum Gasteiger partial charge on any atom is -0.0272 e. The third-order valence-corrected chi connectivity index (χ3v) is 5.66. The summed E-state index contributed by atoms with van der Waals surface area (Å²) in [4.78, 5) is 0. The standard InChI is InChI=1S/C15H30/c1-7-15(8-2)10-9-14(15)13(6)12(5)11(3)4/h11-14H,7-10H2,1-6H3. The van der Waals surface area contributed by atoms with Gasteiger partial charge in [-0.25, -0.2) is 0 Å². The molecule has 1 aliphatic carbocycles. The molecule has 15 heavy (non-hydrogen) atoms. The van der Waals surface area contributed by atoms with Crippen molar-refractivity contribution in [2.45, 2.75) is 67.2 Å². The molecule has 90 valence electrons. The van der Waals surface area contributed by atoms with Crippen molar-refractivity contribution in [2.24, 2.45) is 29.1 Å². The molecule has 3 unspecified atom stereocenters. The van der Waals surface area contributed by atoms with Crippen LogP contribution in [0.5, 0.6) is 0 Å². The molecule has 1 rings (SSSR count). The highest BCUT2D eigenvalue weighted by Crippen LogP contribution is 2.56. The summed E-state index contributed by atoms with van der Waals surface area (Å²) in [5, 5.41) is 0. The third-order valence-electron chi connectivity index (χ3n) is 5.66. The van der Waals surface area contributed by atoms with Crippen molar-refractivity contribution in [3.8, 4) is 0 Å². The van der Waals surface area contributed by atoms with Gasteiger partial charge in [-0.2, -0.15) is 0 Å². The average molecular weight is 210 g/mol. The second kappa shape index (κ2) is 4.89. The van der Waals surface area contributed by atoms with Crippen molar-refractivity contribution in [3.63, 3.8) is 0 Å². The summed E-state index contributed by atoms with van der Waals surface area (Å²) in [7, 11) is 0. The smallest absolute Gasteiger partial charge is 0.0272 e. The van der Waals surface area contributed by atoms with Gasteiger partial charge in [0.1, 0.15) is 0 Å². The zero-order chi connectivity index (χ0) is 11.6.